The van der Waals surface area contributed by atoms with Crippen LogP contribution in [-0.4, -0.2) is 27.3 Å². The van der Waals surface area contributed by atoms with Crippen molar-refractivity contribution in [2.24, 2.45) is 7.05 Å². The molecule has 1 atom stereocenters. The van der Waals surface area contributed by atoms with Crippen molar-refractivity contribution >= 4 is 17.6 Å². The number of halogens is 1. The van der Waals surface area contributed by atoms with Gasteiger partial charge in [-0.1, -0.05) is 23.7 Å². The first-order valence-electron chi connectivity index (χ1n) is 6.69. The summed E-state index contributed by atoms with van der Waals surface area (Å²) in [7, 11) is 1.84. The van der Waals surface area contributed by atoms with Gasteiger partial charge in [-0.2, -0.15) is 0 Å². The Hall–Kier alpha value is -2.08. The lowest BCUT2D eigenvalue weighted by Gasteiger charge is -2.13. The van der Waals surface area contributed by atoms with Gasteiger partial charge < -0.3 is 15.2 Å². The number of aromatic nitrogens is 3. The fraction of sp³-hybridized carbons (Fsp3) is 0.357. The van der Waals surface area contributed by atoms with E-state index in [1.54, 1.807) is 10.9 Å². The largest absolute Gasteiger partial charge is 0.338 e. The van der Waals surface area contributed by atoms with E-state index < -0.39 is 0 Å². The van der Waals surface area contributed by atoms with Gasteiger partial charge in [0.05, 0.1) is 6.04 Å². The molecule has 1 aromatic heterocycles. The van der Waals surface area contributed by atoms with Gasteiger partial charge >= 0.3 is 6.03 Å². The van der Waals surface area contributed by atoms with Crippen LogP contribution in [0.2, 0.25) is 5.02 Å². The van der Waals surface area contributed by atoms with Crippen LogP contribution in [0.4, 0.5) is 4.79 Å². The topological polar surface area (TPSA) is 71.8 Å². The Kier molecular flexibility index (Phi) is 5.16. The summed E-state index contributed by atoms with van der Waals surface area (Å²) in [5.74, 6) is 0.711. The van der Waals surface area contributed by atoms with Gasteiger partial charge in [0.1, 0.15) is 6.33 Å². The van der Waals surface area contributed by atoms with Crippen LogP contribution in [-0.2, 0) is 13.5 Å². The molecule has 0 aliphatic carbocycles. The number of carbonyl (C=O) groups excluding carboxylic acids is 1. The van der Waals surface area contributed by atoms with E-state index in [-0.39, 0.29) is 12.1 Å². The van der Waals surface area contributed by atoms with E-state index in [2.05, 4.69) is 20.8 Å². The predicted molar refractivity (Wildman–Crippen MR) is 81.1 cm³/mol. The summed E-state index contributed by atoms with van der Waals surface area (Å²) in [4.78, 5) is 11.8. The van der Waals surface area contributed by atoms with Gasteiger partial charge in [-0.05, 0) is 31.0 Å². The second-order valence-electron chi connectivity index (χ2n) is 4.80. The van der Waals surface area contributed by atoms with Crippen LogP contribution >= 0.6 is 11.6 Å². The van der Waals surface area contributed by atoms with Crippen LogP contribution in [0.3, 0.4) is 0 Å². The van der Waals surface area contributed by atoms with Gasteiger partial charge in [-0.3, -0.25) is 0 Å². The predicted octanol–water partition coefficient (Wildman–Crippen LogP) is 2.07. The number of carbonyl (C=O) groups is 1. The molecule has 0 aliphatic rings. The van der Waals surface area contributed by atoms with Crippen LogP contribution < -0.4 is 10.6 Å². The number of aryl methyl sites for hydroxylation is 1. The van der Waals surface area contributed by atoms with E-state index in [9.17, 15) is 4.79 Å². The normalized spacial score (nSPS) is 12.0. The van der Waals surface area contributed by atoms with E-state index in [0.717, 1.165) is 12.0 Å². The highest BCUT2D eigenvalue weighted by atomic mass is 35.5. The highest BCUT2D eigenvalue weighted by Gasteiger charge is 2.13. The molecule has 2 aromatic rings. The Bertz CT molecular complexity index is 596. The molecule has 0 saturated heterocycles. The van der Waals surface area contributed by atoms with Crippen molar-refractivity contribution in [3.8, 4) is 0 Å². The van der Waals surface area contributed by atoms with E-state index in [4.69, 9.17) is 11.6 Å². The molecule has 0 spiro atoms. The summed E-state index contributed by atoms with van der Waals surface area (Å²) in [5, 5.41) is 14.1. The maximum atomic E-state index is 11.8. The SMILES string of the molecule is C[C@@H](NC(=O)NCCc1ccc(Cl)cc1)c1nncn1C. The van der Waals surface area contributed by atoms with Crippen LogP contribution in [0.5, 0.6) is 0 Å². The minimum absolute atomic E-state index is 0.201. The Morgan fingerprint density at radius 1 is 1.38 bits per heavy atom. The third-order valence-corrected chi connectivity index (χ3v) is 3.35. The average Bonchev–Trinajstić information content (AvgIpc) is 2.87. The molecule has 2 amide bonds. The molecule has 0 saturated carbocycles. The molecule has 2 N–H and O–H groups in total. The second-order valence-corrected chi connectivity index (χ2v) is 5.23. The Balaban J connectivity index is 1.75. The first-order valence-corrected chi connectivity index (χ1v) is 7.07. The van der Waals surface area contributed by atoms with E-state index in [1.807, 2.05) is 38.2 Å². The quantitative estimate of drug-likeness (QED) is 0.888. The van der Waals surface area contributed by atoms with Crippen molar-refractivity contribution in [3.63, 3.8) is 0 Å². The molecule has 0 fully saturated rings. The molecular formula is C14H18ClN5O. The van der Waals surface area contributed by atoms with E-state index >= 15 is 0 Å². The first kappa shape index (κ1) is 15.3. The van der Waals surface area contributed by atoms with Gasteiger partial charge in [0.25, 0.3) is 0 Å². The number of rotatable bonds is 5. The highest BCUT2D eigenvalue weighted by Crippen LogP contribution is 2.09. The molecule has 0 radical (unpaired) electrons. The van der Waals surface area contributed by atoms with Crippen molar-refractivity contribution in [2.45, 2.75) is 19.4 Å². The number of hydrogen-bond acceptors (Lipinski definition) is 3. The minimum Gasteiger partial charge on any atom is -0.338 e. The number of amides is 2. The standard InChI is InChI=1S/C14H18ClN5O/c1-10(13-19-17-9-20(13)2)18-14(21)16-8-7-11-3-5-12(15)6-4-11/h3-6,9-10H,7-8H2,1-2H3,(H2,16,18,21)/t10-/m1/s1. The van der Waals surface area contributed by atoms with Crippen molar-refractivity contribution in [3.05, 3.63) is 47.0 Å². The third kappa shape index (κ3) is 4.46. The third-order valence-electron chi connectivity index (χ3n) is 3.09. The lowest BCUT2D eigenvalue weighted by Crippen LogP contribution is -2.38. The van der Waals surface area contributed by atoms with Crippen molar-refractivity contribution in [1.29, 1.82) is 0 Å². The zero-order valence-electron chi connectivity index (χ0n) is 12.0. The fourth-order valence-electron chi connectivity index (χ4n) is 1.97. The lowest BCUT2D eigenvalue weighted by atomic mass is 10.1. The molecule has 6 nitrogen and oxygen atoms in total. The number of nitrogens with one attached hydrogen (secondary N) is 2. The highest BCUT2D eigenvalue weighted by molar-refractivity contribution is 6.30. The molecule has 1 heterocycles. The monoisotopic (exact) mass is 307 g/mol. The molecule has 2 rings (SSSR count). The minimum atomic E-state index is -0.223. The maximum absolute atomic E-state index is 11.8. The molecule has 0 aliphatic heterocycles. The number of urea groups is 1. The summed E-state index contributed by atoms with van der Waals surface area (Å²) in [5.41, 5.74) is 1.13. The summed E-state index contributed by atoms with van der Waals surface area (Å²) < 4.78 is 1.78. The zero-order chi connectivity index (χ0) is 15.2. The second kappa shape index (κ2) is 7.08. The summed E-state index contributed by atoms with van der Waals surface area (Å²) in [6, 6.07) is 7.15. The van der Waals surface area contributed by atoms with E-state index in [0.29, 0.717) is 17.4 Å². The van der Waals surface area contributed by atoms with Gasteiger partial charge in [-0.25, -0.2) is 4.79 Å². The molecule has 0 bridgehead atoms. The Morgan fingerprint density at radius 3 is 2.71 bits per heavy atom. The maximum Gasteiger partial charge on any atom is 0.315 e. The van der Waals surface area contributed by atoms with Crippen molar-refractivity contribution < 1.29 is 4.79 Å². The van der Waals surface area contributed by atoms with Gasteiger partial charge in [0.15, 0.2) is 5.82 Å². The molecular weight excluding hydrogens is 290 g/mol. The number of nitrogens with zero attached hydrogens (tertiary/aromatic N) is 3. The van der Waals surface area contributed by atoms with E-state index in [1.165, 1.54) is 0 Å². The number of hydrogen-bond donors (Lipinski definition) is 2. The Labute approximate surface area is 128 Å². The van der Waals surface area contributed by atoms with Gasteiger partial charge in [-0.15, -0.1) is 10.2 Å². The van der Waals surface area contributed by atoms with Gasteiger partial charge in [0, 0.05) is 18.6 Å². The van der Waals surface area contributed by atoms with Crippen LogP contribution in [0, 0.1) is 0 Å². The molecule has 0 unspecified atom stereocenters. The van der Waals surface area contributed by atoms with Crippen LogP contribution in [0.1, 0.15) is 24.4 Å². The van der Waals surface area contributed by atoms with Gasteiger partial charge in [0.2, 0.25) is 0 Å². The van der Waals surface area contributed by atoms with Crippen LogP contribution in [0.25, 0.3) is 0 Å². The zero-order valence-corrected chi connectivity index (χ0v) is 12.8. The fourth-order valence-corrected chi connectivity index (χ4v) is 2.09. The molecule has 112 valence electrons. The van der Waals surface area contributed by atoms with Crippen LogP contribution in [0.15, 0.2) is 30.6 Å². The average molecular weight is 308 g/mol. The molecule has 7 heteroatoms. The lowest BCUT2D eigenvalue weighted by molar-refractivity contribution is 0.237. The first-order chi connectivity index (χ1) is 10.1. The summed E-state index contributed by atoms with van der Waals surface area (Å²) in [6.45, 7) is 2.42. The van der Waals surface area contributed by atoms with Crippen molar-refractivity contribution in [1.82, 2.24) is 25.4 Å². The number of benzene rings is 1. The molecule has 21 heavy (non-hydrogen) atoms. The summed E-state index contributed by atoms with van der Waals surface area (Å²) >= 11 is 5.82. The summed E-state index contributed by atoms with van der Waals surface area (Å²) in [6.07, 6.45) is 2.36. The van der Waals surface area contributed by atoms with Crippen molar-refractivity contribution in [2.75, 3.05) is 6.54 Å². The smallest absolute Gasteiger partial charge is 0.315 e. The Morgan fingerprint density at radius 2 is 2.10 bits per heavy atom. The molecule has 1 aromatic carbocycles.